The van der Waals surface area contributed by atoms with Gasteiger partial charge in [-0.05, 0) is 26.2 Å². The summed E-state index contributed by atoms with van der Waals surface area (Å²) in [5.41, 5.74) is -0.0992. The average Bonchev–Trinajstić information content (AvgIpc) is 2.02. The van der Waals surface area contributed by atoms with E-state index in [2.05, 4.69) is 28.2 Å². The van der Waals surface area contributed by atoms with Crippen molar-refractivity contribution in [2.75, 3.05) is 0 Å². The highest BCUT2D eigenvalue weighted by Crippen LogP contribution is 2.15. The molecule has 78 valence electrons. The number of alkyl halides is 1. The molecule has 0 radical (unpaired) electrons. The second-order valence-electron chi connectivity index (χ2n) is 4.37. The number of carbonyl (C=O) groups excluding carboxylic acids is 1. The Balaban J connectivity index is 4.15. The van der Waals surface area contributed by atoms with Crippen molar-refractivity contribution in [3.63, 3.8) is 0 Å². The quantitative estimate of drug-likeness (QED) is 0.763. The highest BCUT2D eigenvalue weighted by Gasteiger charge is 2.24. The van der Waals surface area contributed by atoms with E-state index in [1.165, 1.54) is 0 Å². The summed E-state index contributed by atoms with van der Waals surface area (Å²) >= 11 is 3.38. The summed E-state index contributed by atoms with van der Waals surface area (Å²) in [6.45, 7) is 10.2. The monoisotopic (exact) mass is 249 g/mol. The van der Waals surface area contributed by atoms with Gasteiger partial charge in [0.25, 0.3) is 0 Å². The third kappa shape index (κ3) is 4.65. The highest BCUT2D eigenvalue weighted by atomic mass is 79.9. The molecule has 0 aliphatic carbocycles. The zero-order valence-corrected chi connectivity index (χ0v) is 10.7. The Labute approximate surface area is 89.6 Å². The van der Waals surface area contributed by atoms with Gasteiger partial charge in [-0.2, -0.15) is 0 Å². The first-order valence-electron chi connectivity index (χ1n) is 4.76. The van der Waals surface area contributed by atoms with Crippen LogP contribution in [0.4, 0.5) is 0 Å². The maximum atomic E-state index is 11.6. The van der Waals surface area contributed by atoms with Crippen LogP contribution < -0.4 is 5.32 Å². The van der Waals surface area contributed by atoms with Gasteiger partial charge in [0.2, 0.25) is 5.91 Å². The number of carbonyl (C=O) groups is 1. The summed E-state index contributed by atoms with van der Waals surface area (Å²) in [5, 5.41) is 3.00. The summed E-state index contributed by atoms with van der Waals surface area (Å²) < 4.78 is 0. The number of hydrogen-bond acceptors (Lipinski definition) is 1. The van der Waals surface area contributed by atoms with Crippen molar-refractivity contribution in [1.29, 1.82) is 0 Å². The predicted molar refractivity (Wildman–Crippen MR) is 60.1 cm³/mol. The summed E-state index contributed by atoms with van der Waals surface area (Å²) in [6.07, 6.45) is 0.941. The molecule has 0 fully saturated rings. The molecule has 0 aliphatic heterocycles. The Hall–Kier alpha value is -0.0500. The van der Waals surface area contributed by atoms with E-state index in [-0.39, 0.29) is 16.3 Å². The van der Waals surface area contributed by atoms with Crippen molar-refractivity contribution >= 4 is 21.8 Å². The largest absolute Gasteiger partial charge is 0.350 e. The van der Waals surface area contributed by atoms with E-state index in [0.29, 0.717) is 5.92 Å². The normalized spacial score (nSPS) is 14.4. The summed E-state index contributed by atoms with van der Waals surface area (Å²) in [6, 6.07) is 0. The maximum Gasteiger partial charge on any atom is 0.234 e. The van der Waals surface area contributed by atoms with Gasteiger partial charge < -0.3 is 5.32 Å². The van der Waals surface area contributed by atoms with E-state index >= 15 is 0 Å². The SMILES string of the molecule is CCC(C)(C)NC(=O)[C@@H](Br)C(C)C. The van der Waals surface area contributed by atoms with Crippen LogP contribution >= 0.6 is 15.9 Å². The van der Waals surface area contributed by atoms with Crippen LogP contribution in [-0.2, 0) is 4.79 Å². The van der Waals surface area contributed by atoms with Crippen molar-refractivity contribution in [3.8, 4) is 0 Å². The molecule has 0 rings (SSSR count). The van der Waals surface area contributed by atoms with E-state index in [4.69, 9.17) is 0 Å². The zero-order valence-electron chi connectivity index (χ0n) is 9.15. The Morgan fingerprint density at radius 3 is 2.23 bits per heavy atom. The molecule has 0 unspecified atom stereocenters. The lowest BCUT2D eigenvalue weighted by Crippen LogP contribution is -2.47. The second-order valence-corrected chi connectivity index (χ2v) is 5.36. The molecular formula is C10H20BrNO. The Morgan fingerprint density at radius 1 is 1.46 bits per heavy atom. The molecule has 0 saturated heterocycles. The molecule has 0 aromatic carbocycles. The van der Waals surface area contributed by atoms with Crippen molar-refractivity contribution in [1.82, 2.24) is 5.32 Å². The molecule has 0 heterocycles. The number of nitrogens with one attached hydrogen (secondary N) is 1. The third-order valence-electron chi connectivity index (χ3n) is 2.18. The van der Waals surface area contributed by atoms with E-state index in [9.17, 15) is 4.79 Å². The standard InChI is InChI=1S/C10H20BrNO/c1-6-10(4,5)12-9(13)8(11)7(2)3/h7-8H,6H2,1-5H3,(H,12,13)/t8-/m0/s1. The molecule has 0 aromatic rings. The fourth-order valence-electron chi connectivity index (χ4n) is 0.794. The first-order chi connectivity index (χ1) is 5.80. The third-order valence-corrected chi connectivity index (χ3v) is 3.65. The smallest absolute Gasteiger partial charge is 0.234 e. The van der Waals surface area contributed by atoms with Crippen LogP contribution in [0.1, 0.15) is 41.0 Å². The van der Waals surface area contributed by atoms with Crippen molar-refractivity contribution in [3.05, 3.63) is 0 Å². The van der Waals surface area contributed by atoms with E-state index in [1.807, 2.05) is 27.7 Å². The minimum Gasteiger partial charge on any atom is -0.350 e. The molecular weight excluding hydrogens is 230 g/mol. The number of amides is 1. The van der Waals surface area contributed by atoms with E-state index < -0.39 is 0 Å². The Kier molecular flexibility index (Phi) is 4.97. The molecule has 0 saturated carbocycles. The molecule has 13 heavy (non-hydrogen) atoms. The van der Waals surface area contributed by atoms with Gasteiger partial charge in [0, 0.05) is 5.54 Å². The molecule has 0 bridgehead atoms. The maximum absolute atomic E-state index is 11.6. The summed E-state index contributed by atoms with van der Waals surface area (Å²) in [5.74, 6) is 0.412. The Bertz CT molecular complexity index is 178. The summed E-state index contributed by atoms with van der Waals surface area (Å²) in [7, 11) is 0. The lowest BCUT2D eigenvalue weighted by molar-refractivity contribution is -0.122. The van der Waals surface area contributed by atoms with Crippen molar-refractivity contribution in [2.45, 2.75) is 51.4 Å². The van der Waals surface area contributed by atoms with Gasteiger partial charge in [0.1, 0.15) is 0 Å². The molecule has 2 nitrogen and oxygen atoms in total. The van der Waals surface area contributed by atoms with Crippen LogP contribution in [0.3, 0.4) is 0 Å². The average molecular weight is 250 g/mol. The van der Waals surface area contributed by atoms with Crippen LogP contribution in [-0.4, -0.2) is 16.3 Å². The first-order valence-corrected chi connectivity index (χ1v) is 5.68. The molecule has 3 heteroatoms. The number of hydrogen-bond donors (Lipinski definition) is 1. The van der Waals surface area contributed by atoms with E-state index in [0.717, 1.165) is 6.42 Å². The minimum atomic E-state index is -0.0992. The minimum absolute atomic E-state index is 0.0849. The highest BCUT2D eigenvalue weighted by molar-refractivity contribution is 9.10. The fourth-order valence-corrected chi connectivity index (χ4v) is 0.908. The van der Waals surface area contributed by atoms with Crippen molar-refractivity contribution in [2.24, 2.45) is 5.92 Å². The fraction of sp³-hybridized carbons (Fsp3) is 0.900. The van der Waals surface area contributed by atoms with Gasteiger partial charge in [0.05, 0.1) is 4.83 Å². The van der Waals surface area contributed by atoms with Crippen LogP contribution in [0.15, 0.2) is 0 Å². The van der Waals surface area contributed by atoms with Gasteiger partial charge in [0.15, 0.2) is 0 Å². The number of rotatable bonds is 4. The van der Waals surface area contributed by atoms with Gasteiger partial charge in [-0.3, -0.25) is 4.79 Å². The van der Waals surface area contributed by atoms with E-state index in [1.54, 1.807) is 0 Å². The molecule has 1 atom stereocenters. The van der Waals surface area contributed by atoms with Crippen molar-refractivity contribution < 1.29 is 4.79 Å². The van der Waals surface area contributed by atoms with Crippen LogP contribution in [0, 0.1) is 5.92 Å². The Morgan fingerprint density at radius 2 is 1.92 bits per heavy atom. The molecule has 0 spiro atoms. The van der Waals surface area contributed by atoms with Gasteiger partial charge >= 0.3 is 0 Å². The lowest BCUT2D eigenvalue weighted by Gasteiger charge is -2.26. The van der Waals surface area contributed by atoms with Gasteiger partial charge in [-0.15, -0.1) is 0 Å². The van der Waals surface area contributed by atoms with Crippen LogP contribution in [0.2, 0.25) is 0 Å². The first kappa shape index (κ1) is 12.9. The summed E-state index contributed by atoms with van der Waals surface area (Å²) in [4.78, 5) is 11.5. The molecule has 1 N–H and O–H groups in total. The zero-order chi connectivity index (χ0) is 10.6. The predicted octanol–water partition coefficient (Wildman–Crippen LogP) is 2.71. The lowest BCUT2D eigenvalue weighted by atomic mass is 10.0. The molecule has 0 aromatic heterocycles. The van der Waals surface area contributed by atoms with Gasteiger partial charge in [-0.25, -0.2) is 0 Å². The van der Waals surface area contributed by atoms with Gasteiger partial charge in [-0.1, -0.05) is 36.7 Å². The molecule has 0 aliphatic rings. The second kappa shape index (κ2) is 4.99. The van der Waals surface area contributed by atoms with Crippen LogP contribution in [0.5, 0.6) is 0 Å². The molecule has 1 amide bonds. The van der Waals surface area contributed by atoms with Crippen LogP contribution in [0.25, 0.3) is 0 Å². The topological polar surface area (TPSA) is 29.1 Å². The number of halogens is 1.